The average molecular weight is 340 g/mol. The van der Waals surface area contributed by atoms with Crippen molar-refractivity contribution in [3.05, 3.63) is 29.8 Å². The minimum atomic E-state index is -0.106. The van der Waals surface area contributed by atoms with E-state index in [0.717, 1.165) is 31.5 Å². The summed E-state index contributed by atoms with van der Waals surface area (Å²) in [4.78, 5) is 26.1. The molecule has 0 unspecified atom stereocenters. The van der Waals surface area contributed by atoms with Crippen molar-refractivity contribution in [3.8, 4) is 0 Å². The molecule has 1 aliphatic heterocycles. The molecule has 2 rings (SSSR count). The van der Waals surface area contributed by atoms with Crippen LogP contribution in [0.5, 0.6) is 0 Å². The predicted octanol–water partition coefficient (Wildman–Crippen LogP) is 2.67. The lowest BCUT2D eigenvalue weighted by Crippen LogP contribution is -2.43. The summed E-state index contributed by atoms with van der Waals surface area (Å²) < 4.78 is 0. The van der Waals surface area contributed by atoms with Gasteiger partial charge in [-0.3, -0.25) is 9.59 Å². The van der Waals surface area contributed by atoms with Gasteiger partial charge in [-0.2, -0.15) is 0 Å². The molecule has 0 spiro atoms. The van der Waals surface area contributed by atoms with Gasteiger partial charge in [-0.15, -0.1) is 12.4 Å². The zero-order chi connectivity index (χ0) is 15.9. The van der Waals surface area contributed by atoms with Crippen LogP contribution in [0, 0.1) is 0 Å². The van der Waals surface area contributed by atoms with Crippen molar-refractivity contribution < 1.29 is 9.59 Å². The third-order valence-electron chi connectivity index (χ3n) is 4.08. The molecule has 1 fully saturated rings. The van der Waals surface area contributed by atoms with Crippen LogP contribution in [-0.4, -0.2) is 42.4 Å². The summed E-state index contributed by atoms with van der Waals surface area (Å²) in [6, 6.07) is 7.01. The van der Waals surface area contributed by atoms with E-state index in [-0.39, 0.29) is 30.3 Å². The van der Waals surface area contributed by atoms with Gasteiger partial charge in [0.2, 0.25) is 5.91 Å². The van der Waals surface area contributed by atoms with Gasteiger partial charge in [-0.05, 0) is 57.5 Å². The molecule has 1 heterocycles. The van der Waals surface area contributed by atoms with Gasteiger partial charge in [-0.1, -0.05) is 6.42 Å². The van der Waals surface area contributed by atoms with Gasteiger partial charge in [0.15, 0.2) is 0 Å². The molecule has 128 valence electrons. The number of nitrogens with zero attached hydrogens (tertiary/aromatic N) is 1. The average Bonchev–Trinajstić information content (AvgIpc) is 2.57. The van der Waals surface area contributed by atoms with Crippen molar-refractivity contribution in [2.45, 2.75) is 39.2 Å². The molecule has 0 bridgehead atoms. The van der Waals surface area contributed by atoms with Crippen molar-refractivity contribution >= 4 is 29.9 Å². The fraction of sp³-hybridized carbons (Fsp3) is 0.529. The molecular formula is C17H26ClN3O2. The standard InChI is InChI=1S/C17H25N3O2.ClH/c1-3-20(4-2)17(22)13-8-10-14(11-9-13)19-16(21)15-7-5-6-12-18-15;/h8-11,15,18H,3-7,12H2,1-2H3,(H,19,21);1H/t15-;/m1./s1. The van der Waals surface area contributed by atoms with Gasteiger partial charge in [0, 0.05) is 24.3 Å². The van der Waals surface area contributed by atoms with Gasteiger partial charge in [0.05, 0.1) is 6.04 Å². The fourth-order valence-electron chi connectivity index (χ4n) is 2.69. The number of carbonyl (C=O) groups is 2. The summed E-state index contributed by atoms with van der Waals surface area (Å²) in [5, 5.41) is 6.13. The number of rotatable bonds is 5. The molecule has 1 aromatic rings. The van der Waals surface area contributed by atoms with E-state index in [4.69, 9.17) is 0 Å². The fourth-order valence-corrected chi connectivity index (χ4v) is 2.69. The summed E-state index contributed by atoms with van der Waals surface area (Å²) in [5.41, 5.74) is 1.38. The number of carbonyl (C=O) groups excluding carboxylic acids is 2. The van der Waals surface area contributed by atoms with Crippen LogP contribution in [0.25, 0.3) is 0 Å². The highest BCUT2D eigenvalue weighted by Crippen LogP contribution is 2.14. The highest BCUT2D eigenvalue weighted by Gasteiger charge is 2.20. The monoisotopic (exact) mass is 339 g/mol. The van der Waals surface area contributed by atoms with Crippen LogP contribution in [0.3, 0.4) is 0 Å². The van der Waals surface area contributed by atoms with Crippen molar-refractivity contribution in [1.29, 1.82) is 0 Å². The normalized spacial score (nSPS) is 17.0. The first kappa shape index (κ1) is 19.5. The van der Waals surface area contributed by atoms with Crippen LogP contribution in [-0.2, 0) is 4.79 Å². The van der Waals surface area contributed by atoms with E-state index in [1.165, 1.54) is 0 Å². The number of nitrogens with one attached hydrogen (secondary N) is 2. The first-order valence-corrected chi connectivity index (χ1v) is 8.09. The number of hydrogen-bond acceptors (Lipinski definition) is 3. The molecule has 1 aliphatic rings. The SMILES string of the molecule is CCN(CC)C(=O)c1ccc(NC(=O)[C@H]2CCCCN2)cc1.Cl. The zero-order valence-electron chi connectivity index (χ0n) is 13.8. The molecule has 1 aromatic carbocycles. The maximum absolute atomic E-state index is 12.2. The topological polar surface area (TPSA) is 61.4 Å². The smallest absolute Gasteiger partial charge is 0.253 e. The van der Waals surface area contributed by atoms with E-state index in [0.29, 0.717) is 18.7 Å². The van der Waals surface area contributed by atoms with E-state index in [9.17, 15) is 9.59 Å². The number of hydrogen-bond donors (Lipinski definition) is 2. The molecule has 1 atom stereocenters. The van der Waals surface area contributed by atoms with Crippen LogP contribution in [0.1, 0.15) is 43.5 Å². The summed E-state index contributed by atoms with van der Waals surface area (Å²) in [5.74, 6) is 0.0272. The Balaban J connectivity index is 0.00000264. The Hall–Kier alpha value is -1.59. The second kappa shape index (κ2) is 9.53. The Morgan fingerprint density at radius 1 is 1.17 bits per heavy atom. The summed E-state index contributed by atoms with van der Waals surface area (Å²) >= 11 is 0. The Morgan fingerprint density at radius 3 is 2.35 bits per heavy atom. The first-order chi connectivity index (χ1) is 10.7. The molecule has 6 heteroatoms. The Bertz CT molecular complexity index is 509. The Morgan fingerprint density at radius 2 is 1.83 bits per heavy atom. The number of amides is 2. The zero-order valence-corrected chi connectivity index (χ0v) is 14.6. The third-order valence-corrected chi connectivity index (χ3v) is 4.08. The maximum atomic E-state index is 12.2. The van der Waals surface area contributed by atoms with Gasteiger partial charge < -0.3 is 15.5 Å². The second-order valence-electron chi connectivity index (χ2n) is 5.55. The van der Waals surface area contributed by atoms with E-state index < -0.39 is 0 Å². The Kier molecular flexibility index (Phi) is 8.06. The molecule has 2 N–H and O–H groups in total. The first-order valence-electron chi connectivity index (χ1n) is 8.09. The van der Waals surface area contributed by atoms with Crippen LogP contribution < -0.4 is 10.6 Å². The molecule has 0 saturated carbocycles. The summed E-state index contributed by atoms with van der Waals surface area (Å²) in [6.45, 7) is 6.22. The van der Waals surface area contributed by atoms with Crippen molar-refractivity contribution in [2.75, 3.05) is 25.0 Å². The predicted molar refractivity (Wildman–Crippen MR) is 95.2 cm³/mol. The van der Waals surface area contributed by atoms with Crippen LogP contribution in [0.15, 0.2) is 24.3 Å². The minimum absolute atomic E-state index is 0. The van der Waals surface area contributed by atoms with Gasteiger partial charge in [-0.25, -0.2) is 0 Å². The van der Waals surface area contributed by atoms with E-state index in [1.54, 1.807) is 29.2 Å². The minimum Gasteiger partial charge on any atom is -0.339 e. The maximum Gasteiger partial charge on any atom is 0.253 e. The number of piperidine rings is 1. The van der Waals surface area contributed by atoms with E-state index in [2.05, 4.69) is 10.6 Å². The highest BCUT2D eigenvalue weighted by molar-refractivity contribution is 5.97. The molecule has 0 aromatic heterocycles. The molecule has 1 saturated heterocycles. The van der Waals surface area contributed by atoms with E-state index >= 15 is 0 Å². The quantitative estimate of drug-likeness (QED) is 0.867. The largest absolute Gasteiger partial charge is 0.339 e. The van der Waals surface area contributed by atoms with Crippen molar-refractivity contribution in [2.24, 2.45) is 0 Å². The van der Waals surface area contributed by atoms with Gasteiger partial charge in [0.25, 0.3) is 5.91 Å². The summed E-state index contributed by atoms with van der Waals surface area (Å²) in [6.07, 6.45) is 3.10. The van der Waals surface area contributed by atoms with Crippen LogP contribution in [0.4, 0.5) is 5.69 Å². The van der Waals surface area contributed by atoms with Gasteiger partial charge in [0.1, 0.15) is 0 Å². The lowest BCUT2D eigenvalue weighted by Gasteiger charge is -2.22. The molecule has 0 radical (unpaired) electrons. The van der Waals surface area contributed by atoms with Crippen LogP contribution >= 0.6 is 12.4 Å². The van der Waals surface area contributed by atoms with Crippen molar-refractivity contribution in [1.82, 2.24) is 10.2 Å². The van der Waals surface area contributed by atoms with E-state index in [1.807, 2.05) is 13.8 Å². The Labute approximate surface area is 144 Å². The number of benzene rings is 1. The lowest BCUT2D eigenvalue weighted by molar-refractivity contribution is -0.118. The molecule has 2 amide bonds. The number of halogens is 1. The highest BCUT2D eigenvalue weighted by atomic mass is 35.5. The van der Waals surface area contributed by atoms with Gasteiger partial charge >= 0.3 is 0 Å². The summed E-state index contributed by atoms with van der Waals surface area (Å²) in [7, 11) is 0. The third kappa shape index (κ3) is 5.22. The second-order valence-corrected chi connectivity index (χ2v) is 5.55. The molecule has 5 nitrogen and oxygen atoms in total. The lowest BCUT2D eigenvalue weighted by atomic mass is 10.0. The van der Waals surface area contributed by atoms with Crippen LogP contribution in [0.2, 0.25) is 0 Å². The molecule has 23 heavy (non-hydrogen) atoms. The number of anilines is 1. The molecule has 0 aliphatic carbocycles. The molecular weight excluding hydrogens is 314 g/mol. The van der Waals surface area contributed by atoms with Crippen molar-refractivity contribution in [3.63, 3.8) is 0 Å².